The van der Waals surface area contributed by atoms with E-state index in [0.29, 0.717) is 13.1 Å². The molecule has 2 N–H and O–H groups in total. The molecule has 4 atom stereocenters. The van der Waals surface area contributed by atoms with Crippen LogP contribution in [-0.2, 0) is 9.59 Å². The Morgan fingerprint density at radius 2 is 2.04 bits per heavy atom. The van der Waals surface area contributed by atoms with Crippen molar-refractivity contribution in [1.29, 1.82) is 0 Å². The number of carboxylic acids is 1. The van der Waals surface area contributed by atoms with Gasteiger partial charge in [-0.05, 0) is 37.7 Å². The van der Waals surface area contributed by atoms with Crippen LogP contribution in [0.2, 0.25) is 0 Å². The van der Waals surface area contributed by atoms with Crippen molar-refractivity contribution in [3.8, 4) is 0 Å². The van der Waals surface area contributed by atoms with Crippen molar-refractivity contribution in [2.24, 2.45) is 11.3 Å². The van der Waals surface area contributed by atoms with E-state index in [1.54, 1.807) is 0 Å². The molecule has 0 spiro atoms. The fourth-order valence-corrected chi connectivity index (χ4v) is 4.73. The van der Waals surface area contributed by atoms with Gasteiger partial charge in [-0.15, -0.1) is 12.4 Å². The van der Waals surface area contributed by atoms with Gasteiger partial charge in [-0.1, -0.05) is 50.1 Å². The first-order chi connectivity index (χ1) is 12.5. The molecule has 0 aromatic heterocycles. The van der Waals surface area contributed by atoms with E-state index in [2.05, 4.69) is 17.1 Å². The maximum atomic E-state index is 12.9. The lowest BCUT2D eigenvalue weighted by atomic mass is 9.81. The summed E-state index contributed by atoms with van der Waals surface area (Å²) >= 11 is 0. The molecule has 5 nitrogen and oxygen atoms in total. The SMILES string of the molecule is CCCC(NC(=O)C(C)N1C[C@@H]2CCC[C@@]2(C(=O)O)C1)c1ccccc1.Cl. The highest BCUT2D eigenvalue weighted by Crippen LogP contribution is 2.49. The van der Waals surface area contributed by atoms with E-state index in [1.165, 1.54) is 0 Å². The molecule has 1 aliphatic carbocycles. The molecule has 1 aromatic rings. The Hall–Kier alpha value is -1.59. The van der Waals surface area contributed by atoms with Crippen LogP contribution < -0.4 is 5.32 Å². The van der Waals surface area contributed by atoms with Gasteiger partial charge in [-0.25, -0.2) is 0 Å². The van der Waals surface area contributed by atoms with Crippen molar-refractivity contribution in [1.82, 2.24) is 10.2 Å². The van der Waals surface area contributed by atoms with Gasteiger partial charge >= 0.3 is 5.97 Å². The molecule has 0 radical (unpaired) electrons. The first-order valence-corrected chi connectivity index (χ1v) is 9.80. The van der Waals surface area contributed by atoms with E-state index in [0.717, 1.165) is 37.7 Å². The number of carbonyl (C=O) groups is 2. The molecule has 1 aliphatic heterocycles. The maximum Gasteiger partial charge on any atom is 0.311 e. The number of halogens is 1. The molecule has 1 aromatic carbocycles. The Labute approximate surface area is 167 Å². The molecular weight excluding hydrogens is 364 g/mol. The second kappa shape index (κ2) is 9.07. The standard InChI is InChI=1S/C21H30N2O3.ClH/c1-3-8-18(16-9-5-4-6-10-16)22-19(24)15(2)23-13-17-11-7-12-21(17,14-23)20(25)26;/h4-6,9-10,15,17-18H,3,7-8,11-14H2,1-2H3,(H,22,24)(H,25,26);1H/t15?,17-,18?,21+;/m0./s1. The lowest BCUT2D eigenvalue weighted by Gasteiger charge is -2.28. The fraction of sp³-hybridized carbons (Fsp3) is 0.619. The van der Waals surface area contributed by atoms with Crippen LogP contribution in [0.5, 0.6) is 0 Å². The summed E-state index contributed by atoms with van der Waals surface area (Å²) in [5, 5.41) is 12.9. The molecule has 1 heterocycles. The van der Waals surface area contributed by atoms with Gasteiger partial charge in [0.05, 0.1) is 17.5 Å². The summed E-state index contributed by atoms with van der Waals surface area (Å²) < 4.78 is 0. The van der Waals surface area contributed by atoms with Gasteiger partial charge in [0, 0.05) is 13.1 Å². The number of hydrogen-bond acceptors (Lipinski definition) is 3. The average Bonchev–Trinajstić information content (AvgIpc) is 3.20. The van der Waals surface area contributed by atoms with Crippen LogP contribution >= 0.6 is 12.4 Å². The third-order valence-corrected chi connectivity index (χ3v) is 6.35. The smallest absolute Gasteiger partial charge is 0.311 e. The van der Waals surface area contributed by atoms with E-state index in [9.17, 15) is 14.7 Å². The lowest BCUT2D eigenvalue weighted by Crippen LogP contribution is -2.46. The highest BCUT2D eigenvalue weighted by atomic mass is 35.5. The van der Waals surface area contributed by atoms with Crippen molar-refractivity contribution >= 4 is 24.3 Å². The third-order valence-electron chi connectivity index (χ3n) is 6.35. The molecule has 1 saturated heterocycles. The molecule has 6 heteroatoms. The minimum Gasteiger partial charge on any atom is -0.481 e. The van der Waals surface area contributed by atoms with E-state index in [1.807, 2.05) is 37.3 Å². The Morgan fingerprint density at radius 1 is 1.33 bits per heavy atom. The number of aliphatic carboxylic acids is 1. The topological polar surface area (TPSA) is 69.6 Å². The van der Waals surface area contributed by atoms with Crippen LogP contribution in [0.3, 0.4) is 0 Å². The van der Waals surface area contributed by atoms with Crippen molar-refractivity contribution in [3.63, 3.8) is 0 Å². The molecular formula is C21H31ClN2O3. The number of likely N-dealkylation sites (tertiary alicyclic amines) is 1. The largest absolute Gasteiger partial charge is 0.481 e. The Kier molecular flexibility index (Phi) is 7.29. The van der Waals surface area contributed by atoms with E-state index < -0.39 is 11.4 Å². The van der Waals surface area contributed by atoms with Crippen LogP contribution in [0.15, 0.2) is 30.3 Å². The fourth-order valence-electron chi connectivity index (χ4n) is 4.73. The van der Waals surface area contributed by atoms with Crippen molar-refractivity contribution < 1.29 is 14.7 Å². The second-order valence-electron chi connectivity index (χ2n) is 7.92. The number of fused-ring (bicyclic) bond motifs is 1. The summed E-state index contributed by atoms with van der Waals surface area (Å²) in [6.07, 6.45) is 4.56. The zero-order chi connectivity index (χ0) is 18.7. The Bertz CT molecular complexity index is 654. The second-order valence-corrected chi connectivity index (χ2v) is 7.92. The molecule has 3 rings (SSSR count). The van der Waals surface area contributed by atoms with Crippen molar-refractivity contribution in [3.05, 3.63) is 35.9 Å². The summed E-state index contributed by atoms with van der Waals surface area (Å²) in [5.41, 5.74) is 0.478. The summed E-state index contributed by atoms with van der Waals surface area (Å²) in [4.78, 5) is 26.8. The van der Waals surface area contributed by atoms with Crippen LogP contribution in [-0.4, -0.2) is 41.0 Å². The first kappa shape index (κ1) is 21.7. The number of rotatable bonds is 7. The lowest BCUT2D eigenvalue weighted by molar-refractivity contribution is -0.149. The Morgan fingerprint density at radius 3 is 2.63 bits per heavy atom. The number of carboxylic acid groups (broad SMARTS) is 1. The quantitative estimate of drug-likeness (QED) is 0.740. The average molecular weight is 395 g/mol. The summed E-state index contributed by atoms with van der Waals surface area (Å²) in [6, 6.07) is 9.75. The normalized spacial score (nSPS) is 26.7. The van der Waals surface area contributed by atoms with Crippen LogP contribution in [0, 0.1) is 11.3 Å². The maximum absolute atomic E-state index is 12.9. The summed E-state index contributed by atoms with van der Waals surface area (Å²) in [7, 11) is 0. The number of benzene rings is 1. The van der Waals surface area contributed by atoms with Gasteiger partial charge in [0.2, 0.25) is 5.91 Å². The van der Waals surface area contributed by atoms with Crippen LogP contribution in [0.25, 0.3) is 0 Å². The highest BCUT2D eigenvalue weighted by Gasteiger charge is 2.55. The number of nitrogens with one attached hydrogen (secondary N) is 1. The van der Waals surface area contributed by atoms with Gasteiger partial charge in [0.25, 0.3) is 0 Å². The minimum atomic E-state index is -0.691. The van der Waals surface area contributed by atoms with Gasteiger partial charge in [0.1, 0.15) is 0 Å². The van der Waals surface area contributed by atoms with E-state index >= 15 is 0 Å². The van der Waals surface area contributed by atoms with Crippen LogP contribution in [0.1, 0.15) is 57.6 Å². The van der Waals surface area contributed by atoms with E-state index in [4.69, 9.17) is 0 Å². The molecule has 2 aliphatic rings. The predicted molar refractivity (Wildman–Crippen MR) is 108 cm³/mol. The van der Waals surface area contributed by atoms with Crippen molar-refractivity contribution in [2.45, 2.75) is 58.0 Å². The number of nitrogens with zero attached hydrogens (tertiary/aromatic N) is 1. The van der Waals surface area contributed by atoms with Gasteiger partial charge in [-0.3, -0.25) is 14.5 Å². The first-order valence-electron chi connectivity index (χ1n) is 9.80. The number of hydrogen-bond donors (Lipinski definition) is 2. The van der Waals surface area contributed by atoms with Gasteiger partial charge < -0.3 is 10.4 Å². The van der Waals surface area contributed by atoms with Crippen molar-refractivity contribution in [2.75, 3.05) is 13.1 Å². The minimum absolute atomic E-state index is 0. The molecule has 27 heavy (non-hydrogen) atoms. The zero-order valence-electron chi connectivity index (χ0n) is 16.2. The molecule has 1 amide bonds. The molecule has 150 valence electrons. The van der Waals surface area contributed by atoms with Crippen LogP contribution in [0.4, 0.5) is 0 Å². The molecule has 1 saturated carbocycles. The number of carbonyl (C=O) groups excluding carboxylic acids is 1. The number of amides is 1. The summed E-state index contributed by atoms with van der Waals surface area (Å²) in [6.45, 7) is 5.22. The highest BCUT2D eigenvalue weighted by molar-refractivity contribution is 5.85. The Balaban J connectivity index is 0.00000261. The zero-order valence-corrected chi connectivity index (χ0v) is 17.0. The molecule has 2 fully saturated rings. The van der Waals surface area contributed by atoms with Gasteiger partial charge in [0.15, 0.2) is 0 Å². The predicted octanol–water partition coefficient (Wildman–Crippen LogP) is 3.64. The third kappa shape index (κ3) is 4.30. The molecule has 0 bridgehead atoms. The van der Waals surface area contributed by atoms with Gasteiger partial charge in [-0.2, -0.15) is 0 Å². The van der Waals surface area contributed by atoms with E-state index in [-0.39, 0.29) is 36.3 Å². The molecule has 2 unspecified atom stereocenters. The monoisotopic (exact) mass is 394 g/mol. The summed E-state index contributed by atoms with van der Waals surface area (Å²) in [5.74, 6) is -0.521.